The first-order chi connectivity index (χ1) is 16.6. The van der Waals surface area contributed by atoms with Crippen molar-refractivity contribution in [2.45, 2.75) is 26.2 Å². The quantitative estimate of drug-likeness (QED) is 0.363. The number of anilines is 1. The average molecular weight is 472 g/mol. The Labute approximate surface area is 201 Å². The van der Waals surface area contributed by atoms with E-state index in [9.17, 15) is 4.79 Å². The van der Waals surface area contributed by atoms with Crippen LogP contribution in [0.15, 0.2) is 73.2 Å². The summed E-state index contributed by atoms with van der Waals surface area (Å²) < 4.78 is 3.34. The SMILES string of the molecule is Cc1cc(NC(=O)CCCc2ccccc2)n(-c2ncnc3c2cnn3-c2ccc(Cl)cc2)n1. The van der Waals surface area contributed by atoms with Gasteiger partial charge in [-0.2, -0.15) is 14.9 Å². The van der Waals surface area contributed by atoms with Crippen LogP contribution in [0.25, 0.3) is 22.5 Å². The van der Waals surface area contributed by atoms with Crippen LogP contribution in [-0.4, -0.2) is 35.4 Å². The minimum absolute atomic E-state index is 0.0701. The molecule has 0 saturated carbocycles. The second kappa shape index (κ2) is 9.44. The monoisotopic (exact) mass is 471 g/mol. The summed E-state index contributed by atoms with van der Waals surface area (Å²) >= 11 is 6.02. The van der Waals surface area contributed by atoms with E-state index in [2.05, 4.69) is 37.6 Å². The fraction of sp³-hybridized carbons (Fsp3) is 0.160. The number of hydrogen-bond donors (Lipinski definition) is 1. The predicted octanol–water partition coefficient (Wildman–Crippen LogP) is 4.92. The third kappa shape index (κ3) is 4.53. The number of benzene rings is 2. The standard InChI is InChI=1S/C25H22ClN7O/c1-17-14-22(30-23(34)9-5-8-18-6-3-2-4-7-18)33(31-17)25-21-15-29-32(24(21)27-16-28-25)20-12-10-19(26)11-13-20/h2-4,6-7,10-16H,5,8-9H2,1H3,(H,30,34). The molecule has 170 valence electrons. The lowest BCUT2D eigenvalue weighted by Gasteiger charge is -2.09. The number of carbonyl (C=O) groups excluding carboxylic acids is 1. The Morgan fingerprint density at radius 1 is 1.03 bits per heavy atom. The van der Waals surface area contributed by atoms with E-state index in [-0.39, 0.29) is 5.91 Å². The molecule has 0 bridgehead atoms. The normalized spacial score (nSPS) is 11.1. The zero-order valence-corrected chi connectivity index (χ0v) is 19.3. The van der Waals surface area contributed by atoms with Crippen molar-refractivity contribution in [3.63, 3.8) is 0 Å². The number of hydrogen-bond acceptors (Lipinski definition) is 5. The summed E-state index contributed by atoms with van der Waals surface area (Å²) in [6.45, 7) is 1.87. The van der Waals surface area contributed by atoms with Crippen molar-refractivity contribution in [1.82, 2.24) is 29.5 Å². The third-order valence-corrected chi connectivity index (χ3v) is 5.68. The van der Waals surface area contributed by atoms with Gasteiger partial charge in [0.2, 0.25) is 5.91 Å². The molecule has 34 heavy (non-hydrogen) atoms. The van der Waals surface area contributed by atoms with Gasteiger partial charge in [0.25, 0.3) is 0 Å². The van der Waals surface area contributed by atoms with Crippen LogP contribution in [0, 0.1) is 6.92 Å². The molecule has 2 aromatic carbocycles. The molecule has 0 radical (unpaired) electrons. The maximum atomic E-state index is 12.7. The second-order valence-corrected chi connectivity index (χ2v) is 8.37. The summed E-state index contributed by atoms with van der Waals surface area (Å²) in [5.74, 6) is 1.03. The first-order valence-electron chi connectivity index (χ1n) is 10.9. The van der Waals surface area contributed by atoms with Crippen molar-refractivity contribution < 1.29 is 4.79 Å². The molecule has 0 aliphatic rings. The van der Waals surface area contributed by atoms with Crippen LogP contribution in [0.5, 0.6) is 0 Å². The largest absolute Gasteiger partial charge is 0.311 e. The van der Waals surface area contributed by atoms with Crippen LogP contribution < -0.4 is 5.32 Å². The van der Waals surface area contributed by atoms with E-state index in [1.807, 2.05) is 43.3 Å². The van der Waals surface area contributed by atoms with E-state index in [0.717, 1.165) is 24.2 Å². The van der Waals surface area contributed by atoms with Gasteiger partial charge >= 0.3 is 0 Å². The number of nitrogens with zero attached hydrogens (tertiary/aromatic N) is 6. The Morgan fingerprint density at radius 2 is 1.82 bits per heavy atom. The summed E-state index contributed by atoms with van der Waals surface area (Å²) in [4.78, 5) is 21.5. The summed E-state index contributed by atoms with van der Waals surface area (Å²) in [7, 11) is 0. The van der Waals surface area contributed by atoms with Gasteiger partial charge in [0.1, 0.15) is 12.1 Å². The lowest BCUT2D eigenvalue weighted by atomic mass is 10.1. The summed E-state index contributed by atoms with van der Waals surface area (Å²) in [6, 6.07) is 19.3. The van der Waals surface area contributed by atoms with Crippen molar-refractivity contribution in [3.8, 4) is 11.5 Å². The average Bonchev–Trinajstić information content (AvgIpc) is 3.43. The molecule has 0 aliphatic heterocycles. The smallest absolute Gasteiger partial charge is 0.225 e. The van der Waals surface area contributed by atoms with E-state index >= 15 is 0 Å². The molecule has 3 aromatic heterocycles. The lowest BCUT2D eigenvalue weighted by molar-refractivity contribution is -0.116. The topological polar surface area (TPSA) is 90.5 Å². The van der Waals surface area contributed by atoms with Crippen LogP contribution in [-0.2, 0) is 11.2 Å². The highest BCUT2D eigenvalue weighted by molar-refractivity contribution is 6.30. The van der Waals surface area contributed by atoms with E-state index in [1.54, 1.807) is 27.7 Å². The maximum Gasteiger partial charge on any atom is 0.225 e. The van der Waals surface area contributed by atoms with Crippen LogP contribution >= 0.6 is 11.6 Å². The molecule has 5 aromatic rings. The van der Waals surface area contributed by atoms with E-state index in [4.69, 9.17) is 11.6 Å². The maximum absolute atomic E-state index is 12.7. The number of fused-ring (bicyclic) bond motifs is 1. The number of halogens is 1. The van der Waals surface area contributed by atoms with E-state index < -0.39 is 0 Å². The highest BCUT2D eigenvalue weighted by Gasteiger charge is 2.17. The van der Waals surface area contributed by atoms with Crippen molar-refractivity contribution >= 4 is 34.4 Å². The number of rotatable bonds is 7. The number of aromatic nitrogens is 6. The molecule has 8 nitrogen and oxygen atoms in total. The number of carbonyl (C=O) groups is 1. The molecule has 0 fully saturated rings. The number of amides is 1. The zero-order chi connectivity index (χ0) is 23.5. The van der Waals surface area contributed by atoms with Crippen LogP contribution in [0.1, 0.15) is 24.1 Å². The molecule has 1 amide bonds. The van der Waals surface area contributed by atoms with Gasteiger partial charge in [-0.25, -0.2) is 14.6 Å². The molecule has 0 atom stereocenters. The molecule has 9 heteroatoms. The summed E-state index contributed by atoms with van der Waals surface area (Å²) in [6.07, 6.45) is 5.18. The van der Waals surface area contributed by atoms with Crippen LogP contribution in [0.4, 0.5) is 5.82 Å². The fourth-order valence-electron chi connectivity index (χ4n) is 3.82. The molecule has 0 aliphatic carbocycles. The Morgan fingerprint density at radius 3 is 2.62 bits per heavy atom. The van der Waals surface area contributed by atoms with E-state index in [1.165, 1.54) is 11.9 Å². The van der Waals surface area contributed by atoms with Crippen molar-refractivity contribution in [2.75, 3.05) is 5.32 Å². The second-order valence-electron chi connectivity index (χ2n) is 7.94. The molecular weight excluding hydrogens is 450 g/mol. The zero-order valence-electron chi connectivity index (χ0n) is 18.5. The Kier molecular flexibility index (Phi) is 6.05. The first kappa shape index (κ1) is 21.8. The highest BCUT2D eigenvalue weighted by atomic mass is 35.5. The minimum Gasteiger partial charge on any atom is -0.311 e. The first-order valence-corrected chi connectivity index (χ1v) is 11.3. The van der Waals surface area contributed by atoms with Gasteiger partial charge in [0.05, 0.1) is 23.0 Å². The Hall–Kier alpha value is -4.04. The van der Waals surface area contributed by atoms with Gasteiger partial charge in [-0.05, 0) is 49.6 Å². The number of nitrogens with one attached hydrogen (secondary N) is 1. The molecule has 1 N–H and O–H groups in total. The highest BCUT2D eigenvalue weighted by Crippen LogP contribution is 2.25. The summed E-state index contributed by atoms with van der Waals surface area (Å²) in [5, 5.41) is 13.4. The van der Waals surface area contributed by atoms with E-state index in [0.29, 0.717) is 34.1 Å². The van der Waals surface area contributed by atoms with Gasteiger partial charge in [-0.15, -0.1) is 0 Å². The van der Waals surface area contributed by atoms with Gasteiger partial charge in [-0.1, -0.05) is 41.9 Å². The Balaban J connectivity index is 1.39. The van der Waals surface area contributed by atoms with Gasteiger partial charge in [0.15, 0.2) is 11.5 Å². The third-order valence-electron chi connectivity index (χ3n) is 5.43. The molecule has 3 heterocycles. The van der Waals surface area contributed by atoms with Gasteiger partial charge in [0, 0.05) is 17.5 Å². The Bertz CT molecular complexity index is 1440. The molecule has 0 saturated heterocycles. The van der Waals surface area contributed by atoms with Crippen molar-refractivity contribution in [3.05, 3.63) is 89.5 Å². The fourth-order valence-corrected chi connectivity index (χ4v) is 3.95. The van der Waals surface area contributed by atoms with Crippen molar-refractivity contribution in [2.24, 2.45) is 0 Å². The van der Waals surface area contributed by atoms with Gasteiger partial charge in [-0.3, -0.25) is 4.79 Å². The van der Waals surface area contributed by atoms with Crippen molar-refractivity contribution in [1.29, 1.82) is 0 Å². The molecular formula is C25H22ClN7O. The minimum atomic E-state index is -0.0701. The van der Waals surface area contributed by atoms with Crippen LogP contribution in [0.2, 0.25) is 5.02 Å². The summed E-state index contributed by atoms with van der Waals surface area (Å²) in [5.41, 5.74) is 3.43. The molecule has 0 spiro atoms. The molecule has 5 rings (SSSR count). The van der Waals surface area contributed by atoms with Crippen LogP contribution in [0.3, 0.4) is 0 Å². The van der Waals surface area contributed by atoms with Gasteiger partial charge < -0.3 is 5.32 Å². The number of aryl methyl sites for hydroxylation is 2. The molecule has 0 unspecified atom stereocenters. The predicted molar refractivity (Wildman–Crippen MR) is 132 cm³/mol. The lowest BCUT2D eigenvalue weighted by Crippen LogP contribution is -2.15.